The molecule has 0 aliphatic rings. The van der Waals surface area contributed by atoms with Gasteiger partial charge in [0, 0.05) is 11.6 Å². The van der Waals surface area contributed by atoms with E-state index in [1.807, 2.05) is 0 Å². The Balaban J connectivity index is 2.17. The van der Waals surface area contributed by atoms with Gasteiger partial charge in [0.15, 0.2) is 5.78 Å². The van der Waals surface area contributed by atoms with E-state index in [-0.39, 0.29) is 5.56 Å². The number of rotatable bonds is 4. The van der Waals surface area contributed by atoms with Crippen molar-refractivity contribution < 1.29 is 13.6 Å². The lowest BCUT2D eigenvalue weighted by Crippen LogP contribution is -2.15. The first kappa shape index (κ1) is 13.2. The van der Waals surface area contributed by atoms with E-state index in [0.29, 0.717) is 0 Å². The molecule has 2 aromatic rings. The van der Waals surface area contributed by atoms with Gasteiger partial charge in [-0.1, -0.05) is 11.8 Å². The molecule has 0 spiro atoms. The molecule has 0 saturated carbocycles. The van der Waals surface area contributed by atoms with Gasteiger partial charge in [-0.2, -0.15) is 0 Å². The van der Waals surface area contributed by atoms with Crippen molar-refractivity contribution in [2.45, 2.75) is 16.5 Å². The molecule has 0 saturated heterocycles. The van der Waals surface area contributed by atoms with Crippen molar-refractivity contribution in [3.05, 3.63) is 47.0 Å². The number of thiazole rings is 1. The first-order valence-corrected chi connectivity index (χ1v) is 6.89. The van der Waals surface area contributed by atoms with Crippen LogP contribution in [0.5, 0.6) is 0 Å². The van der Waals surface area contributed by atoms with Crippen LogP contribution in [-0.4, -0.2) is 16.0 Å². The number of ketones is 1. The van der Waals surface area contributed by atoms with Gasteiger partial charge in [0.1, 0.15) is 16.0 Å². The molecule has 1 aromatic heterocycles. The van der Waals surface area contributed by atoms with E-state index in [2.05, 4.69) is 4.98 Å². The Kier molecular flexibility index (Phi) is 4.08. The summed E-state index contributed by atoms with van der Waals surface area (Å²) < 4.78 is 27.2. The molecular weight excluding hydrogens is 276 g/mol. The van der Waals surface area contributed by atoms with Crippen LogP contribution in [0.2, 0.25) is 0 Å². The van der Waals surface area contributed by atoms with Gasteiger partial charge in [-0.15, -0.1) is 11.3 Å². The molecule has 0 N–H and O–H groups in total. The van der Waals surface area contributed by atoms with Crippen molar-refractivity contribution in [1.82, 2.24) is 4.98 Å². The Morgan fingerprint density at radius 3 is 2.89 bits per heavy atom. The first-order valence-electron chi connectivity index (χ1n) is 5.13. The largest absolute Gasteiger partial charge is 0.293 e. The van der Waals surface area contributed by atoms with E-state index < -0.39 is 22.7 Å². The van der Waals surface area contributed by atoms with Crippen LogP contribution in [0.15, 0.2) is 34.1 Å². The van der Waals surface area contributed by atoms with Crippen LogP contribution in [-0.2, 0) is 0 Å². The van der Waals surface area contributed by atoms with E-state index in [1.54, 1.807) is 18.5 Å². The van der Waals surface area contributed by atoms with Crippen LogP contribution in [0.4, 0.5) is 8.78 Å². The van der Waals surface area contributed by atoms with Crippen molar-refractivity contribution in [3.8, 4) is 0 Å². The van der Waals surface area contributed by atoms with E-state index in [4.69, 9.17) is 0 Å². The Bertz CT molecular complexity index is 557. The lowest BCUT2D eigenvalue weighted by Gasteiger charge is -2.09. The van der Waals surface area contributed by atoms with Gasteiger partial charge in [0.05, 0.1) is 10.8 Å². The summed E-state index contributed by atoms with van der Waals surface area (Å²) in [5, 5.41) is 1.29. The molecule has 94 valence electrons. The summed E-state index contributed by atoms with van der Waals surface area (Å²) in [5.74, 6) is -1.76. The number of halogens is 2. The predicted molar refractivity (Wildman–Crippen MR) is 68.1 cm³/mol. The number of carbonyl (C=O) groups is 1. The number of nitrogens with zero attached hydrogens (tertiary/aromatic N) is 1. The molecule has 0 radical (unpaired) electrons. The van der Waals surface area contributed by atoms with Crippen LogP contribution >= 0.6 is 23.1 Å². The highest BCUT2D eigenvalue weighted by atomic mass is 32.2. The molecule has 0 unspecified atom stereocenters. The zero-order chi connectivity index (χ0) is 13.1. The zero-order valence-corrected chi connectivity index (χ0v) is 11.0. The average Bonchev–Trinajstić information content (AvgIpc) is 2.84. The second-order valence-corrected chi connectivity index (χ2v) is 6.03. The topological polar surface area (TPSA) is 30.0 Å². The Morgan fingerprint density at radius 1 is 1.44 bits per heavy atom. The number of thioether (sulfide) groups is 1. The summed E-state index contributed by atoms with van der Waals surface area (Å²) in [5.41, 5.74) is -0.216. The Morgan fingerprint density at radius 2 is 2.22 bits per heavy atom. The first-order chi connectivity index (χ1) is 8.58. The van der Waals surface area contributed by atoms with Crippen LogP contribution in [0.25, 0.3) is 0 Å². The Labute approximate surface area is 111 Å². The Hall–Kier alpha value is -1.27. The predicted octanol–water partition coefficient (Wildman–Crippen LogP) is 3.78. The van der Waals surface area contributed by atoms with E-state index >= 15 is 0 Å². The third kappa shape index (κ3) is 2.94. The summed E-state index contributed by atoms with van der Waals surface area (Å²) in [6, 6.07) is 2.88. The highest BCUT2D eigenvalue weighted by Gasteiger charge is 2.21. The molecule has 0 amide bonds. The molecule has 0 fully saturated rings. The maximum absolute atomic E-state index is 13.4. The number of aromatic nitrogens is 1. The van der Waals surface area contributed by atoms with E-state index in [0.717, 1.165) is 22.5 Å². The maximum Gasteiger partial charge on any atom is 0.179 e. The standard InChI is InChI=1S/C12H9F2NOS2/c1-7(18-12-15-4-5-17-12)11(16)9-6-8(13)2-3-10(9)14/h2-7H,1H3/t7-/m1/s1. The number of Topliss-reactive ketones (excluding diaryl/α,β-unsaturated/α-hetero) is 1. The lowest BCUT2D eigenvalue weighted by atomic mass is 10.1. The van der Waals surface area contributed by atoms with Crippen molar-refractivity contribution in [2.75, 3.05) is 0 Å². The number of benzene rings is 1. The normalized spacial score (nSPS) is 12.4. The number of hydrogen-bond acceptors (Lipinski definition) is 4. The van der Waals surface area contributed by atoms with Gasteiger partial charge in [0.2, 0.25) is 0 Å². The van der Waals surface area contributed by atoms with Gasteiger partial charge in [-0.25, -0.2) is 13.8 Å². The quantitative estimate of drug-likeness (QED) is 0.632. The maximum atomic E-state index is 13.4. The number of hydrogen-bond donors (Lipinski definition) is 0. The van der Waals surface area contributed by atoms with Crippen LogP contribution in [0.1, 0.15) is 17.3 Å². The number of carbonyl (C=O) groups excluding carboxylic acids is 1. The average molecular weight is 285 g/mol. The summed E-state index contributed by atoms with van der Waals surface area (Å²) in [6.07, 6.45) is 1.63. The summed E-state index contributed by atoms with van der Waals surface area (Å²) in [6.45, 7) is 1.65. The highest BCUT2D eigenvalue weighted by Crippen LogP contribution is 2.27. The molecule has 1 atom stereocenters. The minimum absolute atomic E-state index is 0.216. The molecule has 18 heavy (non-hydrogen) atoms. The minimum atomic E-state index is -0.701. The molecule has 6 heteroatoms. The van der Waals surface area contributed by atoms with Crippen molar-refractivity contribution in [3.63, 3.8) is 0 Å². The van der Waals surface area contributed by atoms with Crippen molar-refractivity contribution >= 4 is 28.9 Å². The fourth-order valence-electron chi connectivity index (χ4n) is 1.38. The summed E-state index contributed by atoms with van der Waals surface area (Å²) >= 11 is 2.64. The van der Waals surface area contributed by atoms with Gasteiger partial charge < -0.3 is 0 Å². The smallest absolute Gasteiger partial charge is 0.179 e. The van der Waals surface area contributed by atoms with Crippen LogP contribution in [0, 0.1) is 11.6 Å². The SMILES string of the molecule is C[C@@H](Sc1nccs1)C(=O)c1cc(F)ccc1F. The molecule has 0 aliphatic heterocycles. The van der Waals surface area contributed by atoms with E-state index in [1.165, 1.54) is 23.1 Å². The second kappa shape index (κ2) is 5.58. The van der Waals surface area contributed by atoms with Crippen LogP contribution < -0.4 is 0 Å². The zero-order valence-electron chi connectivity index (χ0n) is 9.39. The van der Waals surface area contributed by atoms with Gasteiger partial charge in [-0.05, 0) is 25.1 Å². The second-order valence-electron chi connectivity index (χ2n) is 3.55. The minimum Gasteiger partial charge on any atom is -0.293 e. The van der Waals surface area contributed by atoms with Crippen LogP contribution in [0.3, 0.4) is 0 Å². The molecule has 1 heterocycles. The molecular formula is C12H9F2NOS2. The van der Waals surface area contributed by atoms with Crippen molar-refractivity contribution in [1.29, 1.82) is 0 Å². The summed E-state index contributed by atoms with van der Waals surface area (Å²) in [7, 11) is 0. The molecule has 0 bridgehead atoms. The van der Waals surface area contributed by atoms with E-state index in [9.17, 15) is 13.6 Å². The van der Waals surface area contributed by atoms with Gasteiger partial charge >= 0.3 is 0 Å². The lowest BCUT2D eigenvalue weighted by molar-refractivity contribution is 0.0989. The fraction of sp³-hybridized carbons (Fsp3) is 0.167. The van der Waals surface area contributed by atoms with Gasteiger partial charge in [-0.3, -0.25) is 4.79 Å². The third-order valence-electron chi connectivity index (χ3n) is 2.25. The molecule has 1 aromatic carbocycles. The summed E-state index contributed by atoms with van der Waals surface area (Å²) in [4.78, 5) is 16.0. The van der Waals surface area contributed by atoms with Gasteiger partial charge in [0.25, 0.3) is 0 Å². The highest BCUT2D eigenvalue weighted by molar-refractivity contribution is 8.02. The monoisotopic (exact) mass is 285 g/mol. The molecule has 2 nitrogen and oxygen atoms in total. The van der Waals surface area contributed by atoms with Crippen molar-refractivity contribution in [2.24, 2.45) is 0 Å². The molecule has 0 aliphatic carbocycles. The third-order valence-corrected chi connectivity index (χ3v) is 4.27. The molecule has 2 rings (SSSR count). The fourth-order valence-corrected chi connectivity index (χ4v) is 3.22.